The van der Waals surface area contributed by atoms with E-state index in [1.54, 1.807) is 24.3 Å². The van der Waals surface area contributed by atoms with Gasteiger partial charge >= 0.3 is 0 Å². The smallest absolute Gasteiger partial charge is 0.282 e. The first-order chi connectivity index (χ1) is 14.0. The number of aryl methyl sites for hydroxylation is 2. The number of hydrogen-bond acceptors (Lipinski definition) is 3. The van der Waals surface area contributed by atoms with Crippen molar-refractivity contribution in [2.75, 3.05) is 10.2 Å². The van der Waals surface area contributed by atoms with Crippen LogP contribution in [-0.4, -0.2) is 11.8 Å². The first kappa shape index (κ1) is 19.0. The fraction of sp³-hybridized carbons (Fsp3) is 0.0833. The van der Waals surface area contributed by atoms with Gasteiger partial charge in [-0.05, 0) is 61.4 Å². The molecule has 0 fully saturated rings. The van der Waals surface area contributed by atoms with Crippen LogP contribution in [0.4, 0.5) is 11.4 Å². The van der Waals surface area contributed by atoms with Crippen LogP contribution in [0.1, 0.15) is 16.7 Å². The maximum absolute atomic E-state index is 13.4. The van der Waals surface area contributed by atoms with E-state index in [0.29, 0.717) is 16.3 Å². The third-order valence-corrected chi connectivity index (χ3v) is 5.12. The van der Waals surface area contributed by atoms with Gasteiger partial charge in [-0.1, -0.05) is 53.6 Å². The Morgan fingerprint density at radius 3 is 2.17 bits per heavy atom. The number of carbonyl (C=O) groups is 2. The van der Waals surface area contributed by atoms with Crippen LogP contribution in [0.25, 0.3) is 5.57 Å². The summed E-state index contributed by atoms with van der Waals surface area (Å²) in [5, 5.41) is 3.70. The molecule has 4 nitrogen and oxygen atoms in total. The Labute approximate surface area is 174 Å². The molecule has 1 N–H and O–H groups in total. The van der Waals surface area contributed by atoms with Crippen LogP contribution in [0.15, 0.2) is 78.5 Å². The Balaban J connectivity index is 1.85. The van der Waals surface area contributed by atoms with Crippen molar-refractivity contribution in [1.82, 2.24) is 0 Å². The van der Waals surface area contributed by atoms with Gasteiger partial charge in [0.15, 0.2) is 0 Å². The summed E-state index contributed by atoms with van der Waals surface area (Å²) in [4.78, 5) is 27.9. The number of para-hydroxylation sites is 1. The van der Waals surface area contributed by atoms with Gasteiger partial charge in [-0.3, -0.25) is 9.59 Å². The average molecular weight is 403 g/mol. The summed E-state index contributed by atoms with van der Waals surface area (Å²) >= 11 is 5.98. The number of benzene rings is 3. The topological polar surface area (TPSA) is 49.4 Å². The van der Waals surface area contributed by atoms with E-state index in [9.17, 15) is 9.59 Å². The molecule has 1 aliphatic heterocycles. The second-order valence-corrected chi connectivity index (χ2v) is 7.42. The molecule has 1 heterocycles. The number of anilines is 2. The molecular weight excluding hydrogens is 384 g/mol. The fourth-order valence-electron chi connectivity index (χ4n) is 3.48. The summed E-state index contributed by atoms with van der Waals surface area (Å²) in [6.07, 6.45) is 0. The van der Waals surface area contributed by atoms with Gasteiger partial charge in [0.25, 0.3) is 11.8 Å². The van der Waals surface area contributed by atoms with Crippen molar-refractivity contribution in [3.05, 3.63) is 100 Å². The molecule has 3 aromatic rings. The minimum atomic E-state index is -0.392. The van der Waals surface area contributed by atoms with E-state index in [-0.39, 0.29) is 11.6 Å². The first-order valence-corrected chi connectivity index (χ1v) is 9.62. The summed E-state index contributed by atoms with van der Waals surface area (Å²) in [7, 11) is 0. The molecule has 5 heteroatoms. The quantitative estimate of drug-likeness (QED) is 0.598. The molecule has 1 aliphatic rings. The second kappa shape index (κ2) is 7.57. The molecule has 3 aromatic carbocycles. The van der Waals surface area contributed by atoms with E-state index in [1.165, 1.54) is 4.90 Å². The zero-order valence-electron chi connectivity index (χ0n) is 16.1. The van der Waals surface area contributed by atoms with Crippen LogP contribution >= 0.6 is 11.6 Å². The zero-order valence-corrected chi connectivity index (χ0v) is 16.8. The van der Waals surface area contributed by atoms with Crippen molar-refractivity contribution >= 4 is 40.4 Å². The van der Waals surface area contributed by atoms with Crippen LogP contribution in [0.2, 0.25) is 5.02 Å². The van der Waals surface area contributed by atoms with E-state index in [2.05, 4.69) is 5.32 Å². The monoisotopic (exact) mass is 402 g/mol. The highest BCUT2D eigenvalue weighted by Gasteiger charge is 2.40. The van der Waals surface area contributed by atoms with E-state index in [0.717, 1.165) is 22.4 Å². The lowest BCUT2D eigenvalue weighted by atomic mass is 9.97. The minimum absolute atomic E-state index is 0.267. The highest BCUT2D eigenvalue weighted by atomic mass is 35.5. The molecule has 0 unspecified atom stereocenters. The normalized spacial score (nSPS) is 14.0. The molecule has 29 heavy (non-hydrogen) atoms. The maximum Gasteiger partial charge on any atom is 0.282 e. The van der Waals surface area contributed by atoms with Gasteiger partial charge in [0.2, 0.25) is 0 Å². The minimum Gasteiger partial charge on any atom is -0.350 e. The number of imide groups is 1. The molecule has 0 bridgehead atoms. The van der Waals surface area contributed by atoms with Gasteiger partial charge in [-0.15, -0.1) is 0 Å². The SMILES string of the molecule is Cc1ccc(C2=C(Nc3ccccc3)C(=O)N(c3ccc(Cl)cc3)C2=O)c(C)c1. The molecule has 144 valence electrons. The Bertz CT molecular complexity index is 1140. The number of nitrogens with zero attached hydrogens (tertiary/aromatic N) is 1. The molecule has 0 saturated heterocycles. The molecule has 0 aromatic heterocycles. The van der Waals surface area contributed by atoms with Gasteiger partial charge in [0.1, 0.15) is 5.70 Å². The van der Waals surface area contributed by atoms with Crippen molar-refractivity contribution in [3.8, 4) is 0 Å². The molecule has 0 radical (unpaired) electrons. The molecule has 0 aliphatic carbocycles. The maximum atomic E-state index is 13.4. The van der Waals surface area contributed by atoms with Gasteiger partial charge in [-0.25, -0.2) is 4.90 Å². The number of carbonyl (C=O) groups excluding carboxylic acids is 2. The van der Waals surface area contributed by atoms with Crippen molar-refractivity contribution in [1.29, 1.82) is 0 Å². The predicted molar refractivity (Wildman–Crippen MR) is 117 cm³/mol. The molecule has 4 rings (SSSR count). The van der Waals surface area contributed by atoms with E-state index in [1.807, 2.05) is 62.4 Å². The van der Waals surface area contributed by atoms with Gasteiger partial charge in [-0.2, -0.15) is 0 Å². The third-order valence-electron chi connectivity index (χ3n) is 4.86. The second-order valence-electron chi connectivity index (χ2n) is 6.98. The van der Waals surface area contributed by atoms with Gasteiger partial charge in [0.05, 0.1) is 11.3 Å². The summed E-state index contributed by atoms with van der Waals surface area (Å²) in [5.74, 6) is -0.751. The van der Waals surface area contributed by atoms with Gasteiger partial charge in [0, 0.05) is 10.7 Å². The van der Waals surface area contributed by atoms with Crippen LogP contribution < -0.4 is 10.2 Å². The van der Waals surface area contributed by atoms with Crippen LogP contribution in [0.3, 0.4) is 0 Å². The van der Waals surface area contributed by atoms with E-state index >= 15 is 0 Å². The number of amides is 2. The van der Waals surface area contributed by atoms with Crippen molar-refractivity contribution < 1.29 is 9.59 Å². The van der Waals surface area contributed by atoms with Crippen molar-refractivity contribution in [2.45, 2.75) is 13.8 Å². The standard InChI is InChI=1S/C24H19ClN2O2/c1-15-8-13-20(16(2)14-15)21-22(26-18-6-4-3-5-7-18)24(29)27(23(21)28)19-11-9-17(25)10-12-19/h3-14,26H,1-2H3. The molecule has 0 saturated carbocycles. The lowest BCUT2D eigenvalue weighted by molar-refractivity contribution is -0.120. The molecule has 0 spiro atoms. The Morgan fingerprint density at radius 1 is 0.828 bits per heavy atom. The van der Waals surface area contributed by atoms with Gasteiger partial charge < -0.3 is 5.32 Å². The highest BCUT2D eigenvalue weighted by Crippen LogP contribution is 2.35. The Kier molecular flexibility index (Phi) is 4.95. The number of hydrogen-bond donors (Lipinski definition) is 1. The van der Waals surface area contributed by atoms with Crippen LogP contribution in [-0.2, 0) is 9.59 Å². The van der Waals surface area contributed by atoms with E-state index < -0.39 is 5.91 Å². The number of halogens is 1. The van der Waals surface area contributed by atoms with Crippen molar-refractivity contribution in [3.63, 3.8) is 0 Å². The first-order valence-electron chi connectivity index (χ1n) is 9.24. The Morgan fingerprint density at radius 2 is 1.52 bits per heavy atom. The lowest BCUT2D eigenvalue weighted by Gasteiger charge is -2.15. The highest BCUT2D eigenvalue weighted by molar-refractivity contribution is 6.46. The predicted octanol–water partition coefficient (Wildman–Crippen LogP) is 5.35. The Hall–Kier alpha value is -3.37. The fourth-order valence-corrected chi connectivity index (χ4v) is 3.61. The summed E-state index contributed by atoms with van der Waals surface area (Å²) in [5.41, 5.74) is 4.63. The third kappa shape index (κ3) is 3.55. The summed E-state index contributed by atoms with van der Waals surface area (Å²) in [6, 6.07) is 21.9. The molecule has 2 amide bonds. The largest absolute Gasteiger partial charge is 0.350 e. The van der Waals surface area contributed by atoms with Crippen molar-refractivity contribution in [2.24, 2.45) is 0 Å². The molecule has 0 atom stereocenters. The lowest BCUT2D eigenvalue weighted by Crippen LogP contribution is -2.32. The number of rotatable bonds is 4. The summed E-state index contributed by atoms with van der Waals surface area (Å²) < 4.78 is 0. The van der Waals surface area contributed by atoms with E-state index in [4.69, 9.17) is 11.6 Å². The van der Waals surface area contributed by atoms with Crippen LogP contribution in [0.5, 0.6) is 0 Å². The molecular formula is C24H19ClN2O2. The van der Waals surface area contributed by atoms with Crippen LogP contribution in [0, 0.1) is 13.8 Å². The number of nitrogens with one attached hydrogen (secondary N) is 1. The summed E-state index contributed by atoms with van der Waals surface area (Å²) in [6.45, 7) is 3.94. The average Bonchev–Trinajstić information content (AvgIpc) is 2.94. The zero-order chi connectivity index (χ0) is 20.5.